The summed E-state index contributed by atoms with van der Waals surface area (Å²) in [6.45, 7) is 2.35. The lowest BCUT2D eigenvalue weighted by Crippen LogP contribution is -2.24. The SMILES string of the molecule is CC(OCC(O)COc1cccc(N)c1)c1ccccc1. The van der Waals surface area contributed by atoms with Crippen molar-refractivity contribution in [3.8, 4) is 5.75 Å². The quantitative estimate of drug-likeness (QED) is 0.769. The zero-order chi connectivity index (χ0) is 15.1. The minimum Gasteiger partial charge on any atom is -0.491 e. The van der Waals surface area contributed by atoms with E-state index in [9.17, 15) is 5.11 Å². The molecule has 2 atom stereocenters. The molecule has 3 N–H and O–H groups in total. The van der Waals surface area contributed by atoms with Crippen LogP contribution < -0.4 is 10.5 Å². The number of benzene rings is 2. The highest BCUT2D eigenvalue weighted by Crippen LogP contribution is 2.17. The number of nitrogens with two attached hydrogens (primary N) is 1. The molecule has 0 saturated carbocycles. The zero-order valence-corrected chi connectivity index (χ0v) is 12.1. The van der Waals surface area contributed by atoms with E-state index in [4.69, 9.17) is 15.2 Å². The van der Waals surface area contributed by atoms with Crippen LogP contribution in [0.1, 0.15) is 18.6 Å². The third kappa shape index (κ3) is 5.10. The van der Waals surface area contributed by atoms with E-state index in [2.05, 4.69) is 0 Å². The number of ether oxygens (including phenoxy) is 2. The van der Waals surface area contributed by atoms with E-state index in [1.807, 2.05) is 43.3 Å². The third-order valence-corrected chi connectivity index (χ3v) is 3.11. The van der Waals surface area contributed by atoms with Gasteiger partial charge in [0.25, 0.3) is 0 Å². The second-order valence-corrected chi connectivity index (χ2v) is 4.92. The van der Waals surface area contributed by atoms with Gasteiger partial charge in [-0.05, 0) is 24.6 Å². The lowest BCUT2D eigenvalue weighted by Gasteiger charge is -2.17. The van der Waals surface area contributed by atoms with E-state index >= 15 is 0 Å². The molecule has 2 aromatic carbocycles. The van der Waals surface area contributed by atoms with Crippen molar-refractivity contribution >= 4 is 5.69 Å². The summed E-state index contributed by atoms with van der Waals surface area (Å²) >= 11 is 0. The van der Waals surface area contributed by atoms with Crippen molar-refractivity contribution in [3.05, 3.63) is 60.2 Å². The van der Waals surface area contributed by atoms with E-state index in [-0.39, 0.29) is 19.3 Å². The molecule has 0 aliphatic carbocycles. The molecular formula is C17H21NO3. The first-order valence-corrected chi connectivity index (χ1v) is 6.98. The number of hydrogen-bond donors (Lipinski definition) is 2. The Morgan fingerprint density at radius 1 is 1.05 bits per heavy atom. The van der Waals surface area contributed by atoms with Crippen molar-refractivity contribution in [1.29, 1.82) is 0 Å². The molecule has 0 saturated heterocycles. The number of anilines is 1. The molecule has 112 valence electrons. The van der Waals surface area contributed by atoms with Gasteiger partial charge in [0, 0.05) is 11.8 Å². The zero-order valence-electron chi connectivity index (χ0n) is 12.1. The molecule has 0 fully saturated rings. The van der Waals surface area contributed by atoms with Crippen LogP contribution in [0, 0.1) is 0 Å². The molecule has 4 nitrogen and oxygen atoms in total. The highest BCUT2D eigenvalue weighted by atomic mass is 16.5. The maximum atomic E-state index is 9.89. The van der Waals surface area contributed by atoms with E-state index in [1.54, 1.807) is 18.2 Å². The molecule has 2 aromatic rings. The molecule has 2 rings (SSSR count). The number of rotatable bonds is 7. The van der Waals surface area contributed by atoms with Crippen LogP contribution in [-0.4, -0.2) is 24.4 Å². The Bertz CT molecular complexity index is 545. The van der Waals surface area contributed by atoms with Gasteiger partial charge in [0.05, 0.1) is 12.7 Å². The Kier molecular flexibility index (Phi) is 5.60. The van der Waals surface area contributed by atoms with Crippen molar-refractivity contribution in [2.75, 3.05) is 18.9 Å². The molecule has 2 unspecified atom stereocenters. The summed E-state index contributed by atoms with van der Waals surface area (Å²) in [7, 11) is 0. The van der Waals surface area contributed by atoms with Gasteiger partial charge in [-0.15, -0.1) is 0 Å². The molecule has 0 aromatic heterocycles. The predicted molar refractivity (Wildman–Crippen MR) is 83.2 cm³/mol. The van der Waals surface area contributed by atoms with Gasteiger partial charge in [0.2, 0.25) is 0 Å². The van der Waals surface area contributed by atoms with Gasteiger partial charge < -0.3 is 20.3 Å². The van der Waals surface area contributed by atoms with Crippen LogP contribution >= 0.6 is 0 Å². The Morgan fingerprint density at radius 2 is 1.81 bits per heavy atom. The first kappa shape index (κ1) is 15.4. The summed E-state index contributed by atoms with van der Waals surface area (Å²) in [5, 5.41) is 9.89. The number of hydrogen-bond acceptors (Lipinski definition) is 4. The predicted octanol–water partition coefficient (Wildman–Crippen LogP) is 2.79. The average molecular weight is 287 g/mol. The maximum Gasteiger partial charge on any atom is 0.121 e. The molecule has 21 heavy (non-hydrogen) atoms. The molecule has 0 spiro atoms. The van der Waals surface area contributed by atoms with Crippen LogP contribution in [0.3, 0.4) is 0 Å². The topological polar surface area (TPSA) is 64.7 Å². The number of nitrogen functional groups attached to an aromatic ring is 1. The molecule has 0 aliphatic rings. The first-order valence-electron chi connectivity index (χ1n) is 6.98. The van der Waals surface area contributed by atoms with Gasteiger partial charge in [-0.3, -0.25) is 0 Å². The Labute approximate surface area is 125 Å². The molecule has 0 aliphatic heterocycles. The number of aliphatic hydroxyl groups excluding tert-OH is 1. The fourth-order valence-corrected chi connectivity index (χ4v) is 1.92. The van der Waals surface area contributed by atoms with Crippen LogP contribution in [-0.2, 0) is 4.74 Å². The second kappa shape index (κ2) is 7.67. The lowest BCUT2D eigenvalue weighted by atomic mass is 10.1. The summed E-state index contributed by atoms with van der Waals surface area (Å²) in [5.41, 5.74) is 7.38. The monoisotopic (exact) mass is 287 g/mol. The van der Waals surface area contributed by atoms with Gasteiger partial charge in [-0.2, -0.15) is 0 Å². The van der Waals surface area contributed by atoms with Crippen LogP contribution in [0.2, 0.25) is 0 Å². The highest BCUT2D eigenvalue weighted by molar-refractivity contribution is 5.43. The van der Waals surface area contributed by atoms with Crippen LogP contribution in [0.25, 0.3) is 0 Å². The smallest absolute Gasteiger partial charge is 0.121 e. The van der Waals surface area contributed by atoms with Gasteiger partial charge in [0.1, 0.15) is 18.5 Å². The van der Waals surface area contributed by atoms with E-state index in [1.165, 1.54) is 0 Å². The summed E-state index contributed by atoms with van der Waals surface area (Å²) in [4.78, 5) is 0. The van der Waals surface area contributed by atoms with E-state index in [0.29, 0.717) is 11.4 Å². The van der Waals surface area contributed by atoms with E-state index < -0.39 is 6.10 Å². The van der Waals surface area contributed by atoms with Crippen LogP contribution in [0.5, 0.6) is 5.75 Å². The lowest BCUT2D eigenvalue weighted by molar-refractivity contribution is -0.0193. The minimum atomic E-state index is -0.683. The van der Waals surface area contributed by atoms with Crippen molar-refractivity contribution in [2.24, 2.45) is 0 Å². The molecule has 4 heteroatoms. The summed E-state index contributed by atoms with van der Waals surface area (Å²) in [6, 6.07) is 17.0. The molecule has 0 heterocycles. The Morgan fingerprint density at radius 3 is 2.52 bits per heavy atom. The van der Waals surface area contributed by atoms with Crippen molar-refractivity contribution < 1.29 is 14.6 Å². The van der Waals surface area contributed by atoms with Gasteiger partial charge >= 0.3 is 0 Å². The Balaban J connectivity index is 1.73. The fourth-order valence-electron chi connectivity index (χ4n) is 1.92. The number of aliphatic hydroxyl groups is 1. The van der Waals surface area contributed by atoms with Gasteiger partial charge in [-0.25, -0.2) is 0 Å². The second-order valence-electron chi connectivity index (χ2n) is 4.92. The first-order chi connectivity index (χ1) is 10.1. The fraction of sp³-hybridized carbons (Fsp3) is 0.294. The van der Waals surface area contributed by atoms with Crippen molar-refractivity contribution in [3.63, 3.8) is 0 Å². The minimum absolute atomic E-state index is 0.0618. The molecule has 0 amide bonds. The largest absolute Gasteiger partial charge is 0.491 e. The van der Waals surface area contributed by atoms with Crippen LogP contribution in [0.4, 0.5) is 5.69 Å². The van der Waals surface area contributed by atoms with Gasteiger partial charge in [-0.1, -0.05) is 36.4 Å². The average Bonchev–Trinajstić information content (AvgIpc) is 2.51. The van der Waals surface area contributed by atoms with Crippen molar-refractivity contribution in [1.82, 2.24) is 0 Å². The summed E-state index contributed by atoms with van der Waals surface area (Å²) in [6.07, 6.45) is -0.745. The maximum absolute atomic E-state index is 9.89. The molecular weight excluding hydrogens is 266 g/mol. The van der Waals surface area contributed by atoms with Crippen LogP contribution in [0.15, 0.2) is 54.6 Å². The van der Waals surface area contributed by atoms with Gasteiger partial charge in [0.15, 0.2) is 0 Å². The Hall–Kier alpha value is -2.04. The molecule has 0 bridgehead atoms. The highest BCUT2D eigenvalue weighted by Gasteiger charge is 2.10. The molecule has 0 radical (unpaired) electrons. The van der Waals surface area contributed by atoms with Crippen molar-refractivity contribution in [2.45, 2.75) is 19.1 Å². The third-order valence-electron chi connectivity index (χ3n) is 3.11. The summed E-state index contributed by atoms with van der Waals surface area (Å²) in [5.74, 6) is 0.644. The normalized spacial score (nSPS) is 13.6. The summed E-state index contributed by atoms with van der Waals surface area (Å²) < 4.78 is 11.1. The standard InChI is InChI=1S/C17H21NO3/c1-13(14-6-3-2-4-7-14)20-11-16(19)12-21-17-9-5-8-15(18)10-17/h2-10,13,16,19H,11-12,18H2,1H3. The van der Waals surface area contributed by atoms with E-state index in [0.717, 1.165) is 5.56 Å².